The Kier molecular flexibility index (Phi) is 6.95. The molecule has 0 atom stereocenters. The number of carbonyl (C=O) groups is 1. The highest BCUT2D eigenvalue weighted by atomic mass is 32.2. The van der Waals surface area contributed by atoms with Crippen LogP contribution in [0.2, 0.25) is 0 Å². The average molecular weight is 461 g/mol. The number of nitrogens with zero attached hydrogens (tertiary/aromatic N) is 3. The number of carbonyl (C=O) groups excluding carboxylic acids is 1. The van der Waals surface area contributed by atoms with Gasteiger partial charge in [0.1, 0.15) is 11.5 Å². The number of para-hydroxylation sites is 1. The Bertz CT molecular complexity index is 1260. The first-order valence-corrected chi connectivity index (χ1v) is 11.3. The van der Waals surface area contributed by atoms with Gasteiger partial charge in [-0.25, -0.2) is 0 Å². The summed E-state index contributed by atoms with van der Waals surface area (Å²) in [5.74, 6) is 1.89. The molecular weight excluding hydrogens is 436 g/mol. The van der Waals surface area contributed by atoms with Gasteiger partial charge in [0.25, 0.3) is 0 Å². The van der Waals surface area contributed by atoms with Crippen molar-refractivity contribution in [2.45, 2.75) is 12.1 Å². The smallest absolute Gasteiger partial charge is 0.234 e. The molecule has 3 aromatic carbocycles. The van der Waals surface area contributed by atoms with Crippen LogP contribution in [0.15, 0.2) is 78.0 Å². The van der Waals surface area contributed by atoms with Gasteiger partial charge in [-0.2, -0.15) is 0 Å². The zero-order valence-corrected chi connectivity index (χ0v) is 19.4. The summed E-state index contributed by atoms with van der Waals surface area (Å²) in [5, 5.41) is 12.4. The quantitative estimate of drug-likeness (QED) is 0.373. The van der Waals surface area contributed by atoms with Gasteiger partial charge in [0, 0.05) is 17.3 Å². The number of rotatable bonds is 8. The minimum absolute atomic E-state index is 0.152. The average Bonchev–Trinajstić information content (AvgIpc) is 3.27. The zero-order chi connectivity index (χ0) is 23.2. The number of hydrogen-bond acceptors (Lipinski definition) is 6. The zero-order valence-electron chi connectivity index (χ0n) is 18.6. The summed E-state index contributed by atoms with van der Waals surface area (Å²) in [4.78, 5) is 12.7. The van der Waals surface area contributed by atoms with E-state index < -0.39 is 0 Å². The van der Waals surface area contributed by atoms with Crippen molar-refractivity contribution in [2.24, 2.45) is 0 Å². The molecule has 0 aliphatic rings. The molecule has 1 heterocycles. The van der Waals surface area contributed by atoms with Crippen molar-refractivity contribution in [1.82, 2.24) is 14.8 Å². The van der Waals surface area contributed by atoms with Crippen LogP contribution in [0.1, 0.15) is 5.56 Å². The molecule has 0 unspecified atom stereocenters. The Balaban J connectivity index is 1.59. The van der Waals surface area contributed by atoms with E-state index in [1.165, 1.54) is 11.8 Å². The van der Waals surface area contributed by atoms with Gasteiger partial charge in [-0.3, -0.25) is 9.36 Å². The lowest BCUT2D eigenvalue weighted by atomic mass is 10.1. The second-order valence-electron chi connectivity index (χ2n) is 7.20. The van der Waals surface area contributed by atoms with Crippen LogP contribution >= 0.6 is 11.8 Å². The third-order valence-electron chi connectivity index (χ3n) is 5.05. The predicted octanol–water partition coefficient (Wildman–Crippen LogP) is 4.99. The lowest BCUT2D eigenvalue weighted by molar-refractivity contribution is -0.113. The Hall–Kier alpha value is -3.78. The number of hydrogen-bond donors (Lipinski definition) is 1. The van der Waals surface area contributed by atoms with Gasteiger partial charge in [0.2, 0.25) is 5.91 Å². The highest BCUT2D eigenvalue weighted by Gasteiger charge is 2.19. The molecule has 0 saturated heterocycles. The monoisotopic (exact) mass is 460 g/mol. The second-order valence-corrected chi connectivity index (χ2v) is 8.14. The normalized spacial score (nSPS) is 10.6. The van der Waals surface area contributed by atoms with Gasteiger partial charge in [0.15, 0.2) is 11.0 Å². The van der Waals surface area contributed by atoms with Crippen LogP contribution in [0, 0.1) is 6.92 Å². The van der Waals surface area contributed by atoms with Gasteiger partial charge >= 0.3 is 0 Å². The van der Waals surface area contributed by atoms with E-state index in [0.717, 1.165) is 22.6 Å². The highest BCUT2D eigenvalue weighted by Crippen LogP contribution is 2.31. The standard InChI is InChI=1S/C25H24N4O3S/c1-17-9-7-8-12-20(17)24-27-28-25(29(24)18-10-5-4-6-11-18)33-16-23(30)26-21-15-19(31-2)13-14-22(21)32-3/h4-15H,16H2,1-3H3,(H,26,30). The van der Waals surface area contributed by atoms with Crippen molar-refractivity contribution in [2.75, 3.05) is 25.3 Å². The van der Waals surface area contributed by atoms with E-state index in [0.29, 0.717) is 22.3 Å². The number of thioether (sulfide) groups is 1. The van der Waals surface area contributed by atoms with Crippen molar-refractivity contribution in [3.63, 3.8) is 0 Å². The van der Waals surface area contributed by atoms with Crippen LogP contribution in [0.4, 0.5) is 5.69 Å². The molecule has 0 radical (unpaired) electrons. The summed E-state index contributed by atoms with van der Waals surface area (Å²) in [6.45, 7) is 2.04. The predicted molar refractivity (Wildman–Crippen MR) is 130 cm³/mol. The first kappa shape index (κ1) is 22.4. The van der Waals surface area contributed by atoms with Gasteiger partial charge in [0.05, 0.1) is 25.7 Å². The van der Waals surface area contributed by atoms with Crippen molar-refractivity contribution < 1.29 is 14.3 Å². The molecule has 0 bridgehead atoms. The summed E-state index contributed by atoms with van der Waals surface area (Å²) in [5.41, 5.74) is 3.57. The van der Waals surface area contributed by atoms with Gasteiger partial charge in [-0.15, -0.1) is 10.2 Å². The first-order valence-electron chi connectivity index (χ1n) is 10.3. The fourth-order valence-corrected chi connectivity index (χ4v) is 4.15. The number of nitrogens with one attached hydrogen (secondary N) is 1. The molecule has 0 fully saturated rings. The van der Waals surface area contributed by atoms with Gasteiger partial charge in [-0.05, 0) is 36.8 Å². The van der Waals surface area contributed by atoms with Crippen LogP contribution in [0.5, 0.6) is 11.5 Å². The van der Waals surface area contributed by atoms with E-state index in [-0.39, 0.29) is 11.7 Å². The summed E-state index contributed by atoms with van der Waals surface area (Å²) in [6, 6.07) is 23.2. The molecule has 0 aliphatic carbocycles. The second kappa shape index (κ2) is 10.2. The van der Waals surface area contributed by atoms with Crippen molar-refractivity contribution in [3.05, 3.63) is 78.4 Å². The maximum atomic E-state index is 12.7. The molecule has 0 aliphatic heterocycles. The lowest BCUT2D eigenvalue weighted by Gasteiger charge is -2.13. The molecule has 7 nitrogen and oxygen atoms in total. The van der Waals surface area contributed by atoms with E-state index in [9.17, 15) is 4.79 Å². The number of aromatic nitrogens is 3. The molecule has 1 N–H and O–H groups in total. The molecule has 33 heavy (non-hydrogen) atoms. The highest BCUT2D eigenvalue weighted by molar-refractivity contribution is 7.99. The Morgan fingerprint density at radius 2 is 1.73 bits per heavy atom. The van der Waals surface area contributed by atoms with Crippen LogP contribution in [-0.2, 0) is 4.79 Å². The molecule has 0 spiro atoms. The lowest BCUT2D eigenvalue weighted by Crippen LogP contribution is -2.15. The van der Waals surface area contributed by atoms with Crippen molar-refractivity contribution in [3.8, 4) is 28.6 Å². The van der Waals surface area contributed by atoms with Crippen molar-refractivity contribution in [1.29, 1.82) is 0 Å². The SMILES string of the molecule is COc1ccc(OC)c(NC(=O)CSc2nnc(-c3ccccc3C)n2-c2ccccc2)c1. The number of aryl methyl sites for hydroxylation is 1. The molecule has 1 amide bonds. The van der Waals surface area contributed by atoms with Crippen LogP contribution < -0.4 is 14.8 Å². The maximum Gasteiger partial charge on any atom is 0.234 e. The van der Waals surface area contributed by atoms with E-state index in [2.05, 4.69) is 15.5 Å². The summed E-state index contributed by atoms with van der Waals surface area (Å²) in [7, 11) is 3.13. The Morgan fingerprint density at radius 1 is 0.970 bits per heavy atom. The molecular formula is C25H24N4O3S. The van der Waals surface area contributed by atoms with E-state index in [1.54, 1.807) is 32.4 Å². The van der Waals surface area contributed by atoms with E-state index in [4.69, 9.17) is 9.47 Å². The number of benzene rings is 3. The molecule has 168 valence electrons. The minimum atomic E-state index is -0.188. The third-order valence-corrected chi connectivity index (χ3v) is 5.98. The molecule has 8 heteroatoms. The van der Waals surface area contributed by atoms with Gasteiger partial charge < -0.3 is 14.8 Å². The molecule has 4 rings (SSSR count). The van der Waals surface area contributed by atoms with E-state index in [1.807, 2.05) is 66.1 Å². The number of methoxy groups -OCH3 is 2. The fraction of sp³-hybridized carbons (Fsp3) is 0.160. The van der Waals surface area contributed by atoms with Crippen LogP contribution in [0.25, 0.3) is 17.1 Å². The third kappa shape index (κ3) is 5.01. The Labute approximate surface area is 196 Å². The van der Waals surface area contributed by atoms with E-state index >= 15 is 0 Å². The van der Waals surface area contributed by atoms with Gasteiger partial charge in [-0.1, -0.05) is 54.2 Å². The summed E-state index contributed by atoms with van der Waals surface area (Å²) < 4.78 is 12.6. The number of amides is 1. The Morgan fingerprint density at radius 3 is 2.45 bits per heavy atom. The fourth-order valence-electron chi connectivity index (χ4n) is 3.40. The summed E-state index contributed by atoms with van der Waals surface area (Å²) >= 11 is 1.32. The number of ether oxygens (including phenoxy) is 2. The molecule has 4 aromatic rings. The molecule has 1 aromatic heterocycles. The van der Waals surface area contributed by atoms with Crippen LogP contribution in [0.3, 0.4) is 0 Å². The first-order chi connectivity index (χ1) is 16.1. The largest absolute Gasteiger partial charge is 0.497 e. The van der Waals surface area contributed by atoms with Crippen molar-refractivity contribution >= 4 is 23.4 Å². The summed E-state index contributed by atoms with van der Waals surface area (Å²) in [6.07, 6.45) is 0. The van der Waals surface area contributed by atoms with Crippen LogP contribution in [-0.4, -0.2) is 40.6 Å². The molecule has 0 saturated carbocycles. The number of anilines is 1. The minimum Gasteiger partial charge on any atom is -0.497 e. The maximum absolute atomic E-state index is 12.7. The topological polar surface area (TPSA) is 78.3 Å².